The summed E-state index contributed by atoms with van der Waals surface area (Å²) in [5.41, 5.74) is -0.312. The van der Waals surface area contributed by atoms with Crippen molar-refractivity contribution in [3.63, 3.8) is 0 Å². The molecule has 0 aromatic carbocycles. The molecule has 0 rings (SSSR count). The van der Waals surface area contributed by atoms with Gasteiger partial charge in [-0.05, 0) is 55.1 Å². The van der Waals surface area contributed by atoms with Gasteiger partial charge in [-0.25, -0.2) is 0 Å². The Labute approximate surface area is 188 Å². The molecule has 4 nitrogen and oxygen atoms in total. The van der Waals surface area contributed by atoms with Gasteiger partial charge in [-0.3, -0.25) is 0 Å². The maximum absolute atomic E-state index is 6.23. The molecule has 164 valence electrons. The third-order valence-electron chi connectivity index (χ3n) is 4.10. The highest BCUT2D eigenvalue weighted by Gasteiger charge is 2.33. The van der Waals surface area contributed by atoms with Gasteiger partial charge < -0.3 is 18.9 Å². The Bertz CT molecular complexity index is 280. The van der Waals surface area contributed by atoms with E-state index in [-0.39, 0.29) is 11.5 Å². The first-order valence-corrected chi connectivity index (χ1v) is 12.5. The molecule has 0 aromatic heterocycles. The lowest BCUT2D eigenvalue weighted by Crippen LogP contribution is -2.43. The first-order valence-electron chi connectivity index (χ1n) is 9.96. The van der Waals surface area contributed by atoms with Crippen LogP contribution in [0.3, 0.4) is 0 Å². The van der Waals surface area contributed by atoms with E-state index in [4.69, 9.17) is 18.9 Å². The van der Waals surface area contributed by atoms with Gasteiger partial charge in [0.05, 0.1) is 37.9 Å². The fourth-order valence-corrected chi connectivity index (χ4v) is 3.14. The molecule has 1 unspecified atom stereocenters. The van der Waals surface area contributed by atoms with Gasteiger partial charge in [0.1, 0.15) is 0 Å². The molecule has 0 heterocycles. The van der Waals surface area contributed by atoms with Crippen LogP contribution in [0.5, 0.6) is 0 Å². The number of ether oxygens (including phenoxy) is 4. The summed E-state index contributed by atoms with van der Waals surface area (Å²) in [5.74, 6) is 3.28. The molecule has 0 saturated heterocycles. The van der Waals surface area contributed by atoms with Gasteiger partial charge >= 0.3 is 0 Å². The van der Waals surface area contributed by atoms with Crippen molar-refractivity contribution in [1.82, 2.24) is 0 Å². The lowest BCUT2D eigenvalue weighted by Gasteiger charge is -2.34. The van der Waals surface area contributed by atoms with Crippen LogP contribution < -0.4 is 0 Å². The molecule has 1 atom stereocenters. The number of thiol groups is 4. The third-order valence-corrected chi connectivity index (χ3v) is 5.30. The SMILES string of the molecule is CCC(CCS)OCC(COCCCS)(COCCCS)COCCCS. The maximum atomic E-state index is 6.23. The average molecular weight is 461 g/mol. The molecule has 0 aromatic rings. The van der Waals surface area contributed by atoms with Gasteiger partial charge in [0.25, 0.3) is 0 Å². The monoisotopic (exact) mass is 460 g/mol. The molecule has 0 saturated carbocycles. The summed E-state index contributed by atoms with van der Waals surface area (Å²) >= 11 is 17.1. The van der Waals surface area contributed by atoms with Crippen molar-refractivity contribution < 1.29 is 18.9 Å². The van der Waals surface area contributed by atoms with Crippen molar-refractivity contribution in [1.29, 1.82) is 0 Å². The number of hydrogen-bond acceptors (Lipinski definition) is 8. The molecule has 0 spiro atoms. The fraction of sp³-hybridized carbons (Fsp3) is 1.00. The summed E-state index contributed by atoms with van der Waals surface area (Å²) in [6.45, 7) is 6.43. The van der Waals surface area contributed by atoms with Crippen LogP contribution in [0.1, 0.15) is 39.0 Å². The Hall–Kier alpha value is 1.24. The standard InChI is InChI=1S/C19H40O4S4/c1-2-18(6-13-27)23-17-19(14-20-7-3-10-24,15-21-8-4-11-25)16-22-9-5-12-26/h18,24-27H,2-17H2,1H3. The van der Waals surface area contributed by atoms with Crippen LogP contribution in [0, 0.1) is 5.41 Å². The Morgan fingerprint density at radius 3 is 1.44 bits per heavy atom. The van der Waals surface area contributed by atoms with Gasteiger partial charge in [0, 0.05) is 19.8 Å². The quantitative estimate of drug-likeness (QED) is 0.154. The summed E-state index contributed by atoms with van der Waals surface area (Å²) in [6, 6.07) is 0. The van der Waals surface area contributed by atoms with E-state index in [2.05, 4.69) is 57.4 Å². The zero-order chi connectivity index (χ0) is 20.2. The Kier molecular flexibility index (Phi) is 21.5. The number of rotatable bonds is 21. The molecule has 0 aliphatic heterocycles. The van der Waals surface area contributed by atoms with Crippen LogP contribution >= 0.6 is 50.5 Å². The van der Waals surface area contributed by atoms with Crippen molar-refractivity contribution in [2.24, 2.45) is 5.41 Å². The molecule has 27 heavy (non-hydrogen) atoms. The lowest BCUT2D eigenvalue weighted by atomic mass is 9.92. The lowest BCUT2D eigenvalue weighted by molar-refractivity contribution is -0.119. The van der Waals surface area contributed by atoms with Crippen molar-refractivity contribution in [2.45, 2.75) is 45.1 Å². The molecular formula is C19H40O4S4. The van der Waals surface area contributed by atoms with Gasteiger partial charge in [-0.2, -0.15) is 50.5 Å². The second-order valence-electron chi connectivity index (χ2n) is 6.74. The molecule has 0 aliphatic carbocycles. The van der Waals surface area contributed by atoms with Crippen molar-refractivity contribution in [2.75, 3.05) is 69.3 Å². The Morgan fingerprint density at radius 2 is 1.11 bits per heavy atom. The first-order chi connectivity index (χ1) is 13.2. The predicted molar refractivity (Wildman–Crippen MR) is 129 cm³/mol. The minimum absolute atomic E-state index is 0.203. The van der Waals surface area contributed by atoms with Gasteiger partial charge in [-0.15, -0.1) is 0 Å². The molecule has 0 radical (unpaired) electrons. The van der Waals surface area contributed by atoms with E-state index in [0.29, 0.717) is 46.2 Å². The minimum atomic E-state index is -0.312. The van der Waals surface area contributed by atoms with E-state index < -0.39 is 0 Å². The van der Waals surface area contributed by atoms with Crippen LogP contribution in [-0.4, -0.2) is 75.4 Å². The van der Waals surface area contributed by atoms with Crippen LogP contribution in [0.4, 0.5) is 0 Å². The highest BCUT2D eigenvalue weighted by Crippen LogP contribution is 2.23. The van der Waals surface area contributed by atoms with E-state index >= 15 is 0 Å². The number of hydrogen-bond donors (Lipinski definition) is 4. The highest BCUT2D eigenvalue weighted by atomic mass is 32.1. The van der Waals surface area contributed by atoms with E-state index in [9.17, 15) is 0 Å². The largest absolute Gasteiger partial charge is 0.381 e. The third kappa shape index (κ3) is 15.7. The molecule has 0 N–H and O–H groups in total. The highest BCUT2D eigenvalue weighted by molar-refractivity contribution is 7.80. The second-order valence-corrected chi connectivity index (χ2v) is 8.53. The summed E-state index contributed by atoms with van der Waals surface area (Å²) in [5, 5.41) is 0. The van der Waals surface area contributed by atoms with E-state index in [1.807, 2.05) is 0 Å². The van der Waals surface area contributed by atoms with Crippen LogP contribution in [0.25, 0.3) is 0 Å². The predicted octanol–water partition coefficient (Wildman–Crippen LogP) is 4.10. The molecular weight excluding hydrogens is 420 g/mol. The smallest absolute Gasteiger partial charge is 0.0638 e. The van der Waals surface area contributed by atoms with Crippen LogP contribution in [0.15, 0.2) is 0 Å². The zero-order valence-corrected chi connectivity index (χ0v) is 20.4. The second kappa shape index (κ2) is 20.5. The normalized spacial score (nSPS) is 13.2. The molecule has 0 fully saturated rings. The van der Waals surface area contributed by atoms with Gasteiger partial charge in [0.15, 0.2) is 0 Å². The summed E-state index contributed by atoms with van der Waals surface area (Å²) < 4.78 is 24.1. The first kappa shape index (κ1) is 28.2. The van der Waals surface area contributed by atoms with Crippen LogP contribution in [-0.2, 0) is 18.9 Å². The van der Waals surface area contributed by atoms with Crippen molar-refractivity contribution in [3.8, 4) is 0 Å². The molecule has 0 aliphatic rings. The van der Waals surface area contributed by atoms with Crippen LogP contribution in [0.2, 0.25) is 0 Å². The fourth-order valence-electron chi connectivity index (χ4n) is 2.46. The van der Waals surface area contributed by atoms with E-state index in [1.165, 1.54) is 0 Å². The maximum Gasteiger partial charge on any atom is 0.0638 e. The summed E-state index contributed by atoms with van der Waals surface area (Å²) in [6.07, 6.45) is 4.90. The van der Waals surface area contributed by atoms with Crippen molar-refractivity contribution >= 4 is 50.5 Å². The minimum Gasteiger partial charge on any atom is -0.381 e. The Balaban J connectivity index is 4.90. The average Bonchev–Trinajstić information content (AvgIpc) is 2.69. The Morgan fingerprint density at radius 1 is 0.667 bits per heavy atom. The molecule has 0 amide bonds. The topological polar surface area (TPSA) is 36.9 Å². The summed E-state index contributed by atoms with van der Waals surface area (Å²) in [4.78, 5) is 0. The van der Waals surface area contributed by atoms with E-state index in [1.54, 1.807) is 0 Å². The van der Waals surface area contributed by atoms with Crippen molar-refractivity contribution in [3.05, 3.63) is 0 Å². The zero-order valence-electron chi connectivity index (χ0n) is 16.8. The summed E-state index contributed by atoms with van der Waals surface area (Å²) in [7, 11) is 0. The van der Waals surface area contributed by atoms with Gasteiger partial charge in [-0.1, -0.05) is 6.92 Å². The molecule has 0 bridgehead atoms. The van der Waals surface area contributed by atoms with E-state index in [0.717, 1.165) is 55.1 Å². The van der Waals surface area contributed by atoms with Gasteiger partial charge in [0.2, 0.25) is 0 Å². The molecule has 8 heteroatoms.